The zero-order valence-electron chi connectivity index (χ0n) is 14.7. The van der Waals surface area contributed by atoms with Crippen molar-refractivity contribution in [2.45, 2.75) is 37.6 Å². The summed E-state index contributed by atoms with van der Waals surface area (Å²) in [7, 11) is 1.91. The van der Waals surface area contributed by atoms with Crippen molar-refractivity contribution in [2.75, 3.05) is 20.1 Å². The van der Waals surface area contributed by atoms with Gasteiger partial charge in [-0.3, -0.25) is 9.78 Å². The largest absolute Gasteiger partial charge is 0.334 e. The molecule has 2 aliphatic rings. The lowest BCUT2D eigenvalue weighted by molar-refractivity contribution is 0.0739. The van der Waals surface area contributed by atoms with Crippen LogP contribution in [0.3, 0.4) is 0 Å². The van der Waals surface area contributed by atoms with Gasteiger partial charge in [-0.1, -0.05) is 0 Å². The van der Waals surface area contributed by atoms with Crippen molar-refractivity contribution in [3.8, 4) is 0 Å². The molecule has 1 aliphatic heterocycles. The lowest BCUT2D eigenvalue weighted by atomic mass is 10.0. The summed E-state index contributed by atoms with van der Waals surface area (Å²) in [6.07, 6.45) is 4.28. The van der Waals surface area contributed by atoms with Crippen LogP contribution in [0.5, 0.6) is 0 Å². The summed E-state index contributed by atoms with van der Waals surface area (Å²) in [5.41, 5.74) is 2.29. The number of hydrogen-bond acceptors (Lipinski definition) is 3. The first-order chi connectivity index (χ1) is 11.7. The number of amides is 1. The van der Waals surface area contributed by atoms with Gasteiger partial charge in [0.2, 0.25) is 0 Å². The Morgan fingerprint density at radius 1 is 1.27 bits per heavy atom. The number of aromatic nitrogens is 1. The highest BCUT2D eigenvalue weighted by Crippen LogP contribution is 2.40. The van der Waals surface area contributed by atoms with E-state index in [1.165, 1.54) is 12.1 Å². The Kier molecular flexibility index (Phi) is 6.83. The van der Waals surface area contributed by atoms with Gasteiger partial charge in [0.15, 0.2) is 0 Å². The number of carbonyl (C=O) groups is 1. The van der Waals surface area contributed by atoms with Gasteiger partial charge in [-0.15, -0.1) is 24.8 Å². The summed E-state index contributed by atoms with van der Waals surface area (Å²) in [6, 6.07) is 6.65. The molecule has 0 radical (unpaired) electrons. The molecule has 1 saturated heterocycles. The molecule has 1 N–H and O–H groups in total. The third kappa shape index (κ3) is 3.95. The number of benzene rings is 1. The lowest BCUT2D eigenvalue weighted by Gasteiger charge is -2.25. The third-order valence-corrected chi connectivity index (χ3v) is 5.09. The number of halogens is 3. The molecule has 4 nitrogen and oxygen atoms in total. The van der Waals surface area contributed by atoms with Crippen LogP contribution in [0.15, 0.2) is 24.3 Å². The molecule has 1 saturated carbocycles. The van der Waals surface area contributed by atoms with Gasteiger partial charge in [0.05, 0.1) is 11.1 Å². The third-order valence-electron chi connectivity index (χ3n) is 5.09. The maximum absolute atomic E-state index is 13.8. The second kappa shape index (κ2) is 8.51. The summed E-state index contributed by atoms with van der Waals surface area (Å²) < 4.78 is 13.8. The quantitative estimate of drug-likeness (QED) is 0.846. The summed E-state index contributed by atoms with van der Waals surface area (Å²) in [4.78, 5) is 19.8. The monoisotopic (exact) mass is 399 g/mol. The van der Waals surface area contributed by atoms with Crippen molar-refractivity contribution in [2.24, 2.45) is 0 Å². The average molecular weight is 400 g/mol. The SMILES string of the molecule is CNCC1CCCN1C(=O)c1cc(C2CC2)nc2ccc(F)cc12.Cl.Cl. The number of pyridine rings is 1. The number of likely N-dealkylation sites (tertiary alicyclic amines) is 1. The van der Waals surface area contributed by atoms with Gasteiger partial charge in [0.25, 0.3) is 5.91 Å². The Hall–Kier alpha value is -1.43. The predicted octanol–water partition coefficient (Wildman–Crippen LogP) is 3.92. The zero-order valence-corrected chi connectivity index (χ0v) is 16.3. The van der Waals surface area contributed by atoms with Crippen molar-refractivity contribution in [3.05, 3.63) is 41.3 Å². The summed E-state index contributed by atoms with van der Waals surface area (Å²) in [5.74, 6) is 0.135. The second-order valence-electron chi connectivity index (χ2n) is 6.88. The number of nitrogens with one attached hydrogen (secondary N) is 1. The molecular weight excluding hydrogens is 376 g/mol. The molecule has 142 valence electrons. The maximum atomic E-state index is 13.8. The molecule has 26 heavy (non-hydrogen) atoms. The highest BCUT2D eigenvalue weighted by atomic mass is 35.5. The van der Waals surface area contributed by atoms with Crippen LogP contribution in [0.2, 0.25) is 0 Å². The van der Waals surface area contributed by atoms with Crippen LogP contribution in [0.1, 0.15) is 47.7 Å². The van der Waals surface area contributed by atoms with Crippen LogP contribution in [0.4, 0.5) is 4.39 Å². The van der Waals surface area contributed by atoms with Crippen molar-refractivity contribution >= 4 is 41.6 Å². The molecule has 1 aromatic heterocycles. The number of hydrogen-bond donors (Lipinski definition) is 1. The topological polar surface area (TPSA) is 45.2 Å². The lowest BCUT2D eigenvalue weighted by Crippen LogP contribution is -2.41. The van der Waals surface area contributed by atoms with Gasteiger partial charge >= 0.3 is 0 Å². The highest BCUT2D eigenvalue weighted by molar-refractivity contribution is 6.06. The second-order valence-corrected chi connectivity index (χ2v) is 6.88. The molecule has 1 atom stereocenters. The van der Waals surface area contributed by atoms with Crippen molar-refractivity contribution < 1.29 is 9.18 Å². The molecule has 4 rings (SSSR count). The van der Waals surface area contributed by atoms with Gasteiger partial charge < -0.3 is 10.2 Å². The van der Waals surface area contributed by atoms with Gasteiger partial charge in [-0.05, 0) is 57.0 Å². The number of likely N-dealkylation sites (N-methyl/N-ethyl adjacent to an activating group) is 1. The van der Waals surface area contributed by atoms with Crippen LogP contribution in [-0.4, -0.2) is 42.0 Å². The van der Waals surface area contributed by atoms with E-state index in [-0.39, 0.29) is 42.6 Å². The van der Waals surface area contributed by atoms with E-state index >= 15 is 0 Å². The summed E-state index contributed by atoms with van der Waals surface area (Å²) in [5, 5.41) is 3.79. The fourth-order valence-electron chi connectivity index (χ4n) is 3.69. The Labute approximate surface area is 165 Å². The van der Waals surface area contributed by atoms with E-state index in [0.29, 0.717) is 22.4 Å². The molecule has 0 spiro atoms. The van der Waals surface area contributed by atoms with Crippen LogP contribution >= 0.6 is 24.8 Å². The molecular formula is C19H24Cl2FN3O. The fraction of sp³-hybridized carbons (Fsp3) is 0.474. The van der Waals surface area contributed by atoms with E-state index in [1.807, 2.05) is 18.0 Å². The van der Waals surface area contributed by atoms with Crippen LogP contribution in [0, 0.1) is 5.82 Å². The zero-order chi connectivity index (χ0) is 16.7. The number of fused-ring (bicyclic) bond motifs is 1. The summed E-state index contributed by atoms with van der Waals surface area (Å²) in [6.45, 7) is 1.56. The molecule has 7 heteroatoms. The minimum atomic E-state index is -0.328. The number of carbonyl (C=O) groups excluding carboxylic acids is 1. The average Bonchev–Trinajstić information content (AvgIpc) is 3.33. The Morgan fingerprint density at radius 2 is 2.04 bits per heavy atom. The maximum Gasteiger partial charge on any atom is 0.254 e. The molecule has 2 heterocycles. The molecule has 1 unspecified atom stereocenters. The van der Waals surface area contributed by atoms with Crippen molar-refractivity contribution in [1.29, 1.82) is 0 Å². The fourth-order valence-corrected chi connectivity index (χ4v) is 3.69. The molecule has 1 amide bonds. The van der Waals surface area contributed by atoms with E-state index in [4.69, 9.17) is 0 Å². The van der Waals surface area contributed by atoms with E-state index < -0.39 is 0 Å². The smallest absolute Gasteiger partial charge is 0.254 e. The Balaban J connectivity index is 0.00000121. The van der Waals surface area contributed by atoms with Gasteiger partial charge in [0.1, 0.15) is 5.82 Å². The van der Waals surface area contributed by atoms with Crippen LogP contribution in [0.25, 0.3) is 10.9 Å². The van der Waals surface area contributed by atoms with E-state index in [1.54, 1.807) is 6.07 Å². The summed E-state index contributed by atoms with van der Waals surface area (Å²) >= 11 is 0. The Morgan fingerprint density at radius 3 is 2.73 bits per heavy atom. The van der Waals surface area contributed by atoms with E-state index in [9.17, 15) is 9.18 Å². The molecule has 2 aromatic rings. The molecule has 1 aromatic carbocycles. The van der Waals surface area contributed by atoms with Gasteiger partial charge in [-0.25, -0.2) is 4.39 Å². The number of nitrogens with zero attached hydrogens (tertiary/aromatic N) is 2. The van der Waals surface area contributed by atoms with Crippen molar-refractivity contribution in [1.82, 2.24) is 15.2 Å². The van der Waals surface area contributed by atoms with Crippen LogP contribution in [-0.2, 0) is 0 Å². The molecule has 2 fully saturated rings. The highest BCUT2D eigenvalue weighted by Gasteiger charge is 2.32. The first-order valence-electron chi connectivity index (χ1n) is 8.73. The minimum Gasteiger partial charge on any atom is -0.334 e. The molecule has 1 aliphatic carbocycles. The van der Waals surface area contributed by atoms with E-state index in [0.717, 1.165) is 44.5 Å². The first-order valence-corrected chi connectivity index (χ1v) is 8.73. The first kappa shape index (κ1) is 20.9. The van der Waals surface area contributed by atoms with Crippen molar-refractivity contribution in [3.63, 3.8) is 0 Å². The predicted molar refractivity (Wildman–Crippen MR) is 106 cm³/mol. The van der Waals surface area contributed by atoms with E-state index in [2.05, 4.69) is 10.3 Å². The Bertz CT molecular complexity index is 798. The van der Waals surface area contributed by atoms with Crippen LogP contribution < -0.4 is 5.32 Å². The minimum absolute atomic E-state index is 0. The van der Waals surface area contributed by atoms with Gasteiger partial charge in [0, 0.05) is 36.1 Å². The normalized spacial score (nSPS) is 19.2. The van der Waals surface area contributed by atoms with Gasteiger partial charge in [-0.2, -0.15) is 0 Å². The molecule has 0 bridgehead atoms. The standard InChI is InChI=1S/C19H22FN3O.2ClH/c1-21-11-14-3-2-8-23(14)19(24)16-10-18(12-4-5-12)22-17-7-6-13(20)9-15(16)17;;/h6-7,9-10,12,14,21H,2-5,8,11H2,1H3;2*1H. The number of rotatable bonds is 4.